The van der Waals surface area contributed by atoms with Gasteiger partial charge in [0.05, 0.1) is 0 Å². The van der Waals surface area contributed by atoms with E-state index in [1.54, 1.807) is 0 Å². The van der Waals surface area contributed by atoms with E-state index in [0.717, 1.165) is 96.3 Å². The van der Waals surface area contributed by atoms with Gasteiger partial charge in [0.15, 0.2) is 6.10 Å². The van der Waals surface area contributed by atoms with Crippen LogP contribution in [0.3, 0.4) is 0 Å². The first-order chi connectivity index (χ1) is 30.5. The van der Waals surface area contributed by atoms with Crippen LogP contribution in [0.2, 0.25) is 0 Å². The number of esters is 3. The van der Waals surface area contributed by atoms with Gasteiger partial charge < -0.3 is 14.2 Å². The lowest BCUT2D eigenvalue weighted by molar-refractivity contribution is -0.167. The van der Waals surface area contributed by atoms with Gasteiger partial charge in [0.2, 0.25) is 0 Å². The fourth-order valence-corrected chi connectivity index (χ4v) is 7.49. The molecule has 0 aliphatic rings. The number of rotatable bonds is 48. The van der Waals surface area contributed by atoms with Crippen molar-refractivity contribution in [2.75, 3.05) is 13.2 Å². The highest BCUT2D eigenvalue weighted by atomic mass is 16.6. The maximum Gasteiger partial charge on any atom is 0.306 e. The summed E-state index contributed by atoms with van der Waals surface area (Å²) >= 11 is 0. The van der Waals surface area contributed by atoms with E-state index >= 15 is 0 Å². The zero-order valence-electron chi connectivity index (χ0n) is 41.1. The number of ether oxygens (including phenoxy) is 3. The molecule has 0 heterocycles. The van der Waals surface area contributed by atoms with Gasteiger partial charge in [0.25, 0.3) is 0 Å². The second-order valence-corrected chi connectivity index (χ2v) is 17.8. The van der Waals surface area contributed by atoms with Crippen molar-refractivity contribution in [2.24, 2.45) is 0 Å². The van der Waals surface area contributed by atoms with Gasteiger partial charge in [-0.2, -0.15) is 0 Å². The summed E-state index contributed by atoms with van der Waals surface area (Å²) in [7, 11) is 0. The van der Waals surface area contributed by atoms with Gasteiger partial charge in [0.1, 0.15) is 13.2 Å². The lowest BCUT2D eigenvalue weighted by Gasteiger charge is -2.18. The molecule has 0 amide bonds. The summed E-state index contributed by atoms with van der Waals surface area (Å²) in [5, 5.41) is 0. The van der Waals surface area contributed by atoms with Crippen LogP contribution < -0.4 is 0 Å². The minimum Gasteiger partial charge on any atom is -0.462 e. The fraction of sp³-hybridized carbons (Fsp3) is 0.804. The van der Waals surface area contributed by atoms with Gasteiger partial charge in [0, 0.05) is 19.3 Å². The van der Waals surface area contributed by atoms with Gasteiger partial charge in [-0.25, -0.2) is 0 Å². The summed E-state index contributed by atoms with van der Waals surface area (Å²) < 4.78 is 16.8. The Balaban J connectivity index is 4.38. The van der Waals surface area contributed by atoms with Crippen LogP contribution in [0.5, 0.6) is 0 Å². The molecular formula is C56H100O6. The molecule has 0 aromatic heterocycles. The Labute approximate surface area is 384 Å². The summed E-state index contributed by atoms with van der Waals surface area (Å²) in [6, 6.07) is 0. The zero-order valence-corrected chi connectivity index (χ0v) is 41.1. The number of allylic oxidation sites excluding steroid dienone is 8. The molecule has 0 rings (SSSR count). The number of unbranched alkanes of at least 4 members (excludes halogenated alkanes) is 29. The average Bonchev–Trinajstić information content (AvgIpc) is 3.27. The number of hydrogen-bond donors (Lipinski definition) is 0. The molecule has 62 heavy (non-hydrogen) atoms. The first kappa shape index (κ1) is 59.4. The minimum atomic E-state index is -0.780. The van der Waals surface area contributed by atoms with Crippen LogP contribution in [0.4, 0.5) is 0 Å². The maximum atomic E-state index is 12.8. The number of carbonyl (C=O) groups excluding carboxylic acids is 3. The zero-order chi connectivity index (χ0) is 45.1. The van der Waals surface area contributed by atoms with Crippen molar-refractivity contribution < 1.29 is 28.6 Å². The lowest BCUT2D eigenvalue weighted by atomic mass is 10.0. The van der Waals surface area contributed by atoms with E-state index in [-0.39, 0.29) is 31.1 Å². The van der Waals surface area contributed by atoms with Gasteiger partial charge in [-0.1, -0.05) is 223 Å². The molecule has 0 aromatic rings. The van der Waals surface area contributed by atoms with Crippen molar-refractivity contribution >= 4 is 17.9 Å². The molecule has 1 atom stereocenters. The molecule has 0 aliphatic carbocycles. The molecule has 0 spiro atoms. The van der Waals surface area contributed by atoms with Crippen molar-refractivity contribution in [3.63, 3.8) is 0 Å². The second kappa shape index (κ2) is 51.0. The molecule has 0 fully saturated rings. The number of carbonyl (C=O) groups is 3. The Morgan fingerprint density at radius 3 is 0.968 bits per heavy atom. The summed E-state index contributed by atoms with van der Waals surface area (Å²) in [6.45, 7) is 6.57. The molecule has 0 unspecified atom stereocenters. The van der Waals surface area contributed by atoms with Crippen LogP contribution >= 0.6 is 0 Å². The lowest BCUT2D eigenvalue weighted by Crippen LogP contribution is -2.30. The van der Waals surface area contributed by atoms with Gasteiger partial charge in [-0.05, 0) is 77.0 Å². The maximum absolute atomic E-state index is 12.8. The van der Waals surface area contributed by atoms with E-state index in [2.05, 4.69) is 69.4 Å². The SMILES string of the molecule is CCCC/C=C/C/C=C/CCCCCCCC(=O)O[C@@H](COC(=O)CCCCCCCCC/C=C/C/C=C/CCCCC)COC(=O)CCCCCCCCCCCCCCC. The van der Waals surface area contributed by atoms with Gasteiger partial charge >= 0.3 is 17.9 Å². The first-order valence-corrected chi connectivity index (χ1v) is 26.6. The highest BCUT2D eigenvalue weighted by Crippen LogP contribution is 2.15. The normalized spacial score (nSPS) is 12.4. The van der Waals surface area contributed by atoms with Crippen LogP contribution in [0, 0.1) is 0 Å². The molecule has 6 nitrogen and oxygen atoms in total. The monoisotopic (exact) mass is 869 g/mol. The van der Waals surface area contributed by atoms with Crippen LogP contribution in [-0.4, -0.2) is 37.2 Å². The van der Waals surface area contributed by atoms with E-state index < -0.39 is 6.10 Å². The van der Waals surface area contributed by atoms with Crippen molar-refractivity contribution in [3.8, 4) is 0 Å². The third kappa shape index (κ3) is 48.4. The van der Waals surface area contributed by atoms with Gasteiger partial charge in [-0.15, -0.1) is 0 Å². The molecule has 6 heteroatoms. The number of hydrogen-bond acceptors (Lipinski definition) is 6. The molecule has 0 aromatic carbocycles. The Bertz CT molecular complexity index is 1090. The standard InChI is InChI=1S/C56H100O6/c1-4-7-10-13-16-19-22-25-27-28-29-32-34-37-40-43-46-49-55(58)61-52-53(51-60-54(57)48-45-42-39-36-33-30-24-21-18-15-12-9-6-3)62-56(59)50-47-44-41-38-35-31-26-23-20-17-14-11-8-5-2/h14,16-17,19,23,25-27,53H,4-13,15,18,20-22,24,28-52H2,1-3H3/b17-14+,19-16+,26-23+,27-25+/t53-/m1/s1. The van der Waals surface area contributed by atoms with Gasteiger partial charge in [-0.3, -0.25) is 14.4 Å². The van der Waals surface area contributed by atoms with E-state index in [9.17, 15) is 14.4 Å². The third-order valence-electron chi connectivity index (χ3n) is 11.6. The molecule has 0 saturated heterocycles. The largest absolute Gasteiger partial charge is 0.462 e. The Morgan fingerprint density at radius 1 is 0.323 bits per heavy atom. The van der Waals surface area contributed by atoms with E-state index in [0.29, 0.717) is 19.3 Å². The van der Waals surface area contributed by atoms with Crippen molar-refractivity contribution in [1.82, 2.24) is 0 Å². The summed E-state index contributed by atoms with van der Waals surface area (Å²) in [5.41, 5.74) is 0. The van der Waals surface area contributed by atoms with Crippen molar-refractivity contribution in [3.05, 3.63) is 48.6 Å². The molecule has 0 aliphatic heterocycles. The second-order valence-electron chi connectivity index (χ2n) is 17.8. The van der Waals surface area contributed by atoms with Crippen molar-refractivity contribution in [2.45, 2.75) is 277 Å². The van der Waals surface area contributed by atoms with Crippen molar-refractivity contribution in [1.29, 1.82) is 0 Å². The third-order valence-corrected chi connectivity index (χ3v) is 11.6. The van der Waals surface area contributed by atoms with E-state index in [4.69, 9.17) is 14.2 Å². The highest BCUT2D eigenvalue weighted by Gasteiger charge is 2.19. The smallest absolute Gasteiger partial charge is 0.306 e. The minimum absolute atomic E-state index is 0.0791. The van der Waals surface area contributed by atoms with Crippen LogP contribution in [-0.2, 0) is 28.6 Å². The first-order valence-electron chi connectivity index (χ1n) is 26.6. The Morgan fingerprint density at radius 2 is 0.597 bits per heavy atom. The predicted molar refractivity (Wildman–Crippen MR) is 265 cm³/mol. The molecule has 0 saturated carbocycles. The highest BCUT2D eigenvalue weighted by molar-refractivity contribution is 5.71. The van der Waals surface area contributed by atoms with Crippen LogP contribution in [0.1, 0.15) is 271 Å². The van der Waals surface area contributed by atoms with E-state index in [1.807, 2.05) is 0 Å². The summed E-state index contributed by atoms with van der Waals surface area (Å²) in [5.74, 6) is -0.892. The quantitative estimate of drug-likeness (QED) is 0.0262. The molecule has 0 radical (unpaired) electrons. The molecular weight excluding hydrogens is 769 g/mol. The Kier molecular flexibility index (Phi) is 48.8. The average molecular weight is 869 g/mol. The fourth-order valence-electron chi connectivity index (χ4n) is 7.49. The predicted octanol–water partition coefficient (Wildman–Crippen LogP) is 17.5. The summed E-state index contributed by atoms with van der Waals surface area (Å²) in [4.78, 5) is 38.0. The summed E-state index contributed by atoms with van der Waals surface area (Å²) in [6.07, 6.45) is 60.9. The van der Waals surface area contributed by atoms with Crippen LogP contribution in [0.15, 0.2) is 48.6 Å². The van der Waals surface area contributed by atoms with E-state index in [1.165, 1.54) is 135 Å². The topological polar surface area (TPSA) is 78.9 Å². The Hall–Kier alpha value is -2.63. The van der Waals surface area contributed by atoms with Crippen LogP contribution in [0.25, 0.3) is 0 Å². The molecule has 360 valence electrons. The molecule has 0 N–H and O–H groups in total. The molecule has 0 bridgehead atoms.